The van der Waals surface area contributed by atoms with E-state index in [1.807, 2.05) is 6.92 Å². The Morgan fingerprint density at radius 2 is 1.81 bits per heavy atom. The van der Waals surface area contributed by atoms with Gasteiger partial charge in [0, 0.05) is 19.2 Å². The second-order valence-electron chi connectivity index (χ2n) is 6.96. The molecular weight excluding hydrogens is 457 g/mol. The molecule has 0 aliphatic carbocycles. The molecule has 1 heterocycles. The van der Waals surface area contributed by atoms with Crippen LogP contribution in [0.25, 0.3) is 5.76 Å². The molecule has 2 aromatic rings. The highest BCUT2D eigenvalue weighted by atomic mass is 35.5. The van der Waals surface area contributed by atoms with Gasteiger partial charge < -0.3 is 24.2 Å². The fraction of sp³-hybridized carbons (Fsp3) is 0.304. The smallest absolute Gasteiger partial charge is 0.295 e. The van der Waals surface area contributed by atoms with Crippen LogP contribution in [0.4, 0.5) is 0 Å². The number of hydrogen-bond donors (Lipinski definition) is 1. The van der Waals surface area contributed by atoms with E-state index in [1.54, 1.807) is 24.3 Å². The third-order valence-corrected chi connectivity index (χ3v) is 5.60. The number of carbonyl (C=O) groups excluding carboxylic acids is 2. The van der Waals surface area contributed by atoms with Crippen molar-refractivity contribution in [1.82, 2.24) is 4.90 Å². The molecule has 1 fully saturated rings. The molecule has 1 atom stereocenters. The summed E-state index contributed by atoms with van der Waals surface area (Å²) >= 11 is 12.4. The van der Waals surface area contributed by atoms with Crippen LogP contribution in [0.2, 0.25) is 10.0 Å². The van der Waals surface area contributed by atoms with Crippen LogP contribution in [0, 0.1) is 0 Å². The van der Waals surface area contributed by atoms with Gasteiger partial charge in [-0.05, 0) is 36.8 Å². The lowest BCUT2D eigenvalue weighted by Crippen LogP contribution is -2.32. The molecule has 1 N–H and O–H groups in total. The van der Waals surface area contributed by atoms with Crippen molar-refractivity contribution in [3.8, 4) is 11.5 Å². The molecule has 1 amide bonds. The lowest BCUT2D eigenvalue weighted by molar-refractivity contribution is -0.140. The first kappa shape index (κ1) is 23.9. The number of benzene rings is 2. The summed E-state index contributed by atoms with van der Waals surface area (Å²) in [7, 11) is 2.92. The second kappa shape index (κ2) is 10.3. The molecule has 3 rings (SSSR count). The summed E-state index contributed by atoms with van der Waals surface area (Å²) in [6.07, 6.45) is 0. The van der Waals surface area contributed by atoms with Gasteiger partial charge in [0.1, 0.15) is 11.5 Å². The zero-order chi connectivity index (χ0) is 23.4. The molecule has 7 nitrogen and oxygen atoms in total. The highest BCUT2D eigenvalue weighted by molar-refractivity contribution is 6.46. The first-order valence-electron chi connectivity index (χ1n) is 9.87. The Labute approximate surface area is 196 Å². The normalized spacial score (nSPS) is 17.7. The Hall–Kier alpha value is -2.74. The van der Waals surface area contributed by atoms with Crippen molar-refractivity contribution < 1.29 is 28.9 Å². The Morgan fingerprint density at radius 3 is 2.41 bits per heavy atom. The van der Waals surface area contributed by atoms with Crippen LogP contribution in [-0.2, 0) is 14.3 Å². The molecule has 170 valence electrons. The standard InChI is InChI=1S/C23H23Cl2NO6/c1-4-32-15-7-5-6-13(10-15)19-18(21(28)23(29)26(19)8-9-30-2)20(27)14-11-16(24)22(31-3)17(25)12-14/h5-7,10-12,19,27H,4,8-9H2,1-3H3/b20-18+. The number of ketones is 1. The van der Waals surface area contributed by atoms with E-state index >= 15 is 0 Å². The predicted octanol–water partition coefficient (Wildman–Crippen LogP) is 4.47. The molecule has 1 saturated heterocycles. The van der Waals surface area contributed by atoms with Gasteiger partial charge in [0.25, 0.3) is 11.7 Å². The van der Waals surface area contributed by atoms with Crippen molar-refractivity contribution in [1.29, 1.82) is 0 Å². The minimum atomic E-state index is -0.842. The topological polar surface area (TPSA) is 85.3 Å². The fourth-order valence-corrected chi connectivity index (χ4v) is 4.28. The predicted molar refractivity (Wildman–Crippen MR) is 122 cm³/mol. The van der Waals surface area contributed by atoms with Crippen molar-refractivity contribution in [2.24, 2.45) is 0 Å². The Kier molecular flexibility index (Phi) is 7.66. The van der Waals surface area contributed by atoms with Crippen LogP contribution in [0.5, 0.6) is 11.5 Å². The van der Waals surface area contributed by atoms with E-state index in [-0.39, 0.29) is 45.8 Å². The maximum atomic E-state index is 13.0. The number of carbonyl (C=O) groups is 2. The first-order chi connectivity index (χ1) is 15.3. The van der Waals surface area contributed by atoms with Crippen LogP contribution in [0.1, 0.15) is 24.1 Å². The van der Waals surface area contributed by atoms with Crippen LogP contribution in [0.3, 0.4) is 0 Å². The molecule has 2 aromatic carbocycles. The highest BCUT2D eigenvalue weighted by Gasteiger charge is 2.46. The van der Waals surface area contributed by atoms with Gasteiger partial charge in [-0.2, -0.15) is 0 Å². The van der Waals surface area contributed by atoms with Crippen LogP contribution in [-0.4, -0.2) is 55.7 Å². The number of amides is 1. The molecule has 9 heteroatoms. The van der Waals surface area contributed by atoms with Crippen molar-refractivity contribution in [2.45, 2.75) is 13.0 Å². The summed E-state index contributed by atoms with van der Waals surface area (Å²) < 4.78 is 15.8. The molecule has 1 unspecified atom stereocenters. The summed E-state index contributed by atoms with van der Waals surface area (Å²) in [6, 6.07) is 9.05. The van der Waals surface area contributed by atoms with E-state index in [9.17, 15) is 14.7 Å². The van der Waals surface area contributed by atoms with Crippen molar-refractivity contribution in [3.05, 3.63) is 63.1 Å². The van der Waals surface area contributed by atoms with E-state index in [1.165, 1.54) is 31.3 Å². The number of aliphatic hydroxyl groups excluding tert-OH is 1. The number of aliphatic hydroxyl groups is 1. The second-order valence-corrected chi connectivity index (χ2v) is 7.78. The number of ether oxygens (including phenoxy) is 3. The first-order valence-corrected chi connectivity index (χ1v) is 10.6. The summed E-state index contributed by atoms with van der Waals surface area (Å²) in [5, 5.41) is 11.4. The third kappa shape index (κ3) is 4.55. The van der Waals surface area contributed by atoms with Gasteiger partial charge in [-0.3, -0.25) is 9.59 Å². The van der Waals surface area contributed by atoms with Crippen molar-refractivity contribution in [3.63, 3.8) is 0 Å². The maximum absolute atomic E-state index is 13.0. The molecule has 0 bridgehead atoms. The number of halogens is 2. The Bertz CT molecular complexity index is 1050. The number of Topliss-reactive ketones (excluding diaryl/α,β-unsaturated/α-hetero) is 1. The Morgan fingerprint density at radius 1 is 1.12 bits per heavy atom. The van der Waals surface area contributed by atoms with Gasteiger partial charge in [-0.25, -0.2) is 0 Å². The average Bonchev–Trinajstić information content (AvgIpc) is 3.02. The van der Waals surface area contributed by atoms with Crippen LogP contribution >= 0.6 is 23.2 Å². The lowest BCUT2D eigenvalue weighted by Gasteiger charge is -2.25. The number of rotatable bonds is 8. The monoisotopic (exact) mass is 479 g/mol. The van der Waals surface area contributed by atoms with Crippen LogP contribution < -0.4 is 9.47 Å². The van der Waals surface area contributed by atoms with Gasteiger partial charge in [0.05, 0.1) is 42.0 Å². The zero-order valence-electron chi connectivity index (χ0n) is 17.9. The largest absolute Gasteiger partial charge is 0.507 e. The molecule has 0 saturated carbocycles. The van der Waals surface area contributed by atoms with Gasteiger partial charge in [-0.15, -0.1) is 0 Å². The number of hydrogen-bond acceptors (Lipinski definition) is 6. The summed E-state index contributed by atoms with van der Waals surface area (Å²) in [5.74, 6) is -1.11. The highest BCUT2D eigenvalue weighted by Crippen LogP contribution is 2.42. The number of nitrogens with zero attached hydrogens (tertiary/aromatic N) is 1. The van der Waals surface area contributed by atoms with Crippen molar-refractivity contribution >= 4 is 40.7 Å². The molecule has 0 aromatic heterocycles. The minimum Gasteiger partial charge on any atom is -0.507 e. The van der Waals surface area contributed by atoms with E-state index in [2.05, 4.69) is 0 Å². The molecule has 1 aliphatic heterocycles. The van der Waals surface area contributed by atoms with E-state index in [4.69, 9.17) is 37.4 Å². The van der Waals surface area contributed by atoms with Gasteiger partial charge in [-0.1, -0.05) is 35.3 Å². The Balaban J connectivity index is 2.20. The maximum Gasteiger partial charge on any atom is 0.295 e. The summed E-state index contributed by atoms with van der Waals surface area (Å²) in [4.78, 5) is 27.2. The number of likely N-dealkylation sites (tertiary alicyclic amines) is 1. The third-order valence-electron chi connectivity index (χ3n) is 5.04. The molecule has 1 aliphatic rings. The SMILES string of the molecule is CCOc1cccc(C2/C(=C(\O)c3cc(Cl)c(OC)c(Cl)c3)C(=O)C(=O)N2CCOC)c1. The van der Waals surface area contributed by atoms with Gasteiger partial charge in [0.2, 0.25) is 0 Å². The average molecular weight is 480 g/mol. The number of methoxy groups -OCH3 is 2. The van der Waals surface area contributed by atoms with Gasteiger partial charge >= 0.3 is 0 Å². The molecule has 32 heavy (non-hydrogen) atoms. The van der Waals surface area contributed by atoms with E-state index in [0.717, 1.165) is 0 Å². The summed E-state index contributed by atoms with van der Waals surface area (Å²) in [5.41, 5.74) is 0.729. The fourth-order valence-electron chi connectivity index (χ4n) is 3.64. The quantitative estimate of drug-likeness (QED) is 0.341. The van der Waals surface area contributed by atoms with Gasteiger partial charge in [0.15, 0.2) is 5.75 Å². The molecule has 0 radical (unpaired) electrons. The zero-order valence-corrected chi connectivity index (χ0v) is 19.4. The lowest BCUT2D eigenvalue weighted by atomic mass is 9.95. The minimum absolute atomic E-state index is 0.0722. The molecule has 0 spiro atoms. The van der Waals surface area contributed by atoms with E-state index in [0.29, 0.717) is 17.9 Å². The van der Waals surface area contributed by atoms with E-state index < -0.39 is 17.7 Å². The summed E-state index contributed by atoms with van der Waals surface area (Å²) in [6.45, 7) is 2.69. The van der Waals surface area contributed by atoms with Crippen molar-refractivity contribution in [2.75, 3.05) is 34.0 Å². The van der Waals surface area contributed by atoms with Crippen LogP contribution in [0.15, 0.2) is 42.0 Å². The molecular formula is C23H23Cl2NO6.